The Kier molecular flexibility index (Phi) is 4.39. The quantitative estimate of drug-likeness (QED) is 0.805. The van der Waals surface area contributed by atoms with Gasteiger partial charge in [0.2, 0.25) is 5.79 Å². The molecule has 22 heavy (non-hydrogen) atoms. The Bertz CT molecular complexity index is 517. The predicted octanol–water partition coefficient (Wildman–Crippen LogP) is 2.00. The van der Waals surface area contributed by atoms with Crippen LogP contribution in [-0.2, 0) is 19.0 Å². The van der Waals surface area contributed by atoms with Gasteiger partial charge in [0.1, 0.15) is 5.60 Å². The lowest BCUT2D eigenvalue weighted by Crippen LogP contribution is -2.54. The molecule has 0 aromatic rings. The Balaban J connectivity index is 2.41. The number of ether oxygens (including phenoxy) is 3. The Morgan fingerprint density at radius 2 is 2.09 bits per heavy atom. The number of fused-ring (bicyclic) bond motifs is 1. The minimum atomic E-state index is -1.46. The van der Waals surface area contributed by atoms with Crippen LogP contribution in [0.3, 0.4) is 0 Å². The molecule has 1 saturated heterocycles. The van der Waals surface area contributed by atoms with Crippen molar-refractivity contribution < 1.29 is 24.1 Å². The highest BCUT2D eigenvalue weighted by atomic mass is 16.7. The number of hydrogen-bond donors (Lipinski definition) is 1. The summed E-state index contributed by atoms with van der Waals surface area (Å²) >= 11 is 0. The first kappa shape index (κ1) is 17.3. The van der Waals surface area contributed by atoms with Crippen molar-refractivity contribution >= 4 is 5.78 Å². The summed E-state index contributed by atoms with van der Waals surface area (Å²) in [4.78, 5) is 12.3. The highest BCUT2D eigenvalue weighted by molar-refractivity contribution is 5.95. The van der Waals surface area contributed by atoms with E-state index in [1.54, 1.807) is 32.3 Å². The fraction of sp³-hybridized carbons (Fsp3) is 0.706. The van der Waals surface area contributed by atoms with Crippen LogP contribution in [0.15, 0.2) is 23.8 Å². The van der Waals surface area contributed by atoms with E-state index in [0.29, 0.717) is 6.42 Å². The Hall–Kier alpha value is -1.01. The zero-order valence-corrected chi connectivity index (χ0v) is 14.2. The lowest BCUT2D eigenvalue weighted by Gasteiger charge is -2.37. The van der Waals surface area contributed by atoms with Crippen molar-refractivity contribution in [2.45, 2.75) is 57.2 Å². The largest absolute Gasteiger partial charge is 0.383 e. The van der Waals surface area contributed by atoms with Gasteiger partial charge in [-0.05, 0) is 46.3 Å². The summed E-state index contributed by atoms with van der Waals surface area (Å²) in [6, 6.07) is 0. The Morgan fingerprint density at radius 3 is 2.64 bits per heavy atom. The van der Waals surface area contributed by atoms with E-state index in [4.69, 9.17) is 14.2 Å². The summed E-state index contributed by atoms with van der Waals surface area (Å²) in [7, 11) is 3.08. The second-order valence-electron chi connectivity index (χ2n) is 6.89. The van der Waals surface area contributed by atoms with Gasteiger partial charge in [-0.1, -0.05) is 11.6 Å². The monoisotopic (exact) mass is 310 g/mol. The molecule has 2 aliphatic rings. The highest BCUT2D eigenvalue weighted by Gasteiger charge is 2.64. The molecule has 0 amide bonds. The maximum atomic E-state index is 12.3. The van der Waals surface area contributed by atoms with Gasteiger partial charge in [-0.2, -0.15) is 0 Å². The van der Waals surface area contributed by atoms with Crippen molar-refractivity contribution in [2.75, 3.05) is 14.2 Å². The van der Waals surface area contributed by atoms with E-state index in [1.807, 2.05) is 20.8 Å². The normalized spacial score (nSPS) is 39.2. The van der Waals surface area contributed by atoms with Gasteiger partial charge >= 0.3 is 0 Å². The van der Waals surface area contributed by atoms with Crippen LogP contribution in [0, 0.1) is 5.92 Å². The third-order valence-electron chi connectivity index (χ3n) is 4.76. The number of hydrogen-bond acceptors (Lipinski definition) is 5. The van der Waals surface area contributed by atoms with Crippen molar-refractivity contribution in [3.8, 4) is 0 Å². The average Bonchev–Trinajstić information content (AvgIpc) is 2.64. The predicted molar refractivity (Wildman–Crippen MR) is 82.3 cm³/mol. The molecule has 0 unspecified atom stereocenters. The molecular weight excluding hydrogens is 284 g/mol. The molecule has 0 bridgehead atoms. The highest BCUT2D eigenvalue weighted by Crippen LogP contribution is 2.49. The molecule has 1 fully saturated rings. The molecule has 0 aromatic carbocycles. The summed E-state index contributed by atoms with van der Waals surface area (Å²) in [5.41, 5.74) is -1.03. The Morgan fingerprint density at radius 1 is 1.45 bits per heavy atom. The molecule has 124 valence electrons. The second kappa shape index (κ2) is 5.57. The fourth-order valence-corrected chi connectivity index (χ4v) is 3.23. The standard InChI is InChI=1S/C17H26O5/c1-11-9-12(18)14-13(10-11)22-17(21-6,16(14,4)19)8-7-15(2,3)20-5/h7-9,13-14,19H,10H2,1-6H3/b8-7+/t13-,14+,16+,17-/m0/s1. The molecule has 0 radical (unpaired) electrons. The second-order valence-corrected chi connectivity index (χ2v) is 6.89. The number of rotatable bonds is 4. The minimum absolute atomic E-state index is 0.114. The van der Waals surface area contributed by atoms with Crippen molar-refractivity contribution in [1.29, 1.82) is 0 Å². The molecule has 1 aliphatic carbocycles. The molecule has 5 heteroatoms. The van der Waals surface area contributed by atoms with Crippen LogP contribution in [-0.4, -0.2) is 48.2 Å². The van der Waals surface area contributed by atoms with Gasteiger partial charge in [0, 0.05) is 14.2 Å². The SMILES string of the molecule is COC(C)(C)/C=C/[C@]1(OC)O[C@H]2CC(C)=CC(=O)[C@H]2[C@@]1(C)O. The number of allylic oxidation sites excluding steroid dienone is 1. The molecule has 1 N–H and O–H groups in total. The van der Waals surface area contributed by atoms with Crippen LogP contribution in [0.4, 0.5) is 0 Å². The lowest BCUT2D eigenvalue weighted by atomic mass is 9.75. The average molecular weight is 310 g/mol. The summed E-state index contributed by atoms with van der Waals surface area (Å²) in [5.74, 6) is -2.12. The van der Waals surface area contributed by atoms with Gasteiger partial charge in [0.05, 0.1) is 17.6 Å². The maximum absolute atomic E-state index is 12.3. The molecule has 4 atom stereocenters. The van der Waals surface area contributed by atoms with Crippen molar-refractivity contribution in [3.63, 3.8) is 0 Å². The summed E-state index contributed by atoms with van der Waals surface area (Å²) < 4.78 is 16.9. The lowest BCUT2D eigenvalue weighted by molar-refractivity contribution is -0.242. The minimum Gasteiger partial charge on any atom is -0.383 e. The van der Waals surface area contributed by atoms with Crippen molar-refractivity contribution in [1.82, 2.24) is 0 Å². The first-order chi connectivity index (χ1) is 10.1. The maximum Gasteiger partial charge on any atom is 0.218 e. The van der Waals surface area contributed by atoms with Crippen LogP contribution in [0.5, 0.6) is 0 Å². The molecular formula is C17H26O5. The first-order valence-electron chi connectivity index (χ1n) is 7.50. The van der Waals surface area contributed by atoms with E-state index < -0.39 is 22.9 Å². The van der Waals surface area contributed by atoms with E-state index in [0.717, 1.165) is 5.57 Å². The summed E-state index contributed by atoms with van der Waals surface area (Å²) in [6.45, 7) is 7.27. The van der Waals surface area contributed by atoms with Crippen molar-refractivity contribution in [2.24, 2.45) is 5.92 Å². The van der Waals surface area contributed by atoms with Crippen LogP contribution < -0.4 is 0 Å². The van der Waals surface area contributed by atoms with E-state index in [9.17, 15) is 9.90 Å². The van der Waals surface area contributed by atoms with Gasteiger partial charge < -0.3 is 19.3 Å². The third kappa shape index (κ3) is 2.67. The van der Waals surface area contributed by atoms with Gasteiger partial charge in [-0.15, -0.1) is 0 Å². The third-order valence-corrected chi connectivity index (χ3v) is 4.76. The molecule has 1 heterocycles. The number of ketones is 1. The number of carbonyl (C=O) groups excluding carboxylic acids is 1. The van der Waals surface area contributed by atoms with E-state index in [-0.39, 0.29) is 11.9 Å². The summed E-state index contributed by atoms with van der Waals surface area (Å²) in [5, 5.41) is 11.0. The van der Waals surface area contributed by atoms with E-state index in [2.05, 4.69) is 0 Å². The zero-order chi connectivity index (χ0) is 16.8. The molecule has 0 spiro atoms. The Labute approximate surface area is 131 Å². The molecule has 0 saturated carbocycles. The van der Waals surface area contributed by atoms with Crippen molar-refractivity contribution in [3.05, 3.63) is 23.8 Å². The number of aliphatic hydroxyl groups is 1. The van der Waals surface area contributed by atoms with Gasteiger partial charge in [-0.25, -0.2) is 0 Å². The molecule has 5 nitrogen and oxygen atoms in total. The van der Waals surface area contributed by atoms with Gasteiger partial charge in [0.15, 0.2) is 5.78 Å². The van der Waals surface area contributed by atoms with Crippen LogP contribution in [0.25, 0.3) is 0 Å². The molecule has 2 rings (SSSR count). The number of carbonyl (C=O) groups is 1. The molecule has 0 aromatic heterocycles. The molecule has 1 aliphatic heterocycles. The van der Waals surface area contributed by atoms with Crippen LogP contribution >= 0.6 is 0 Å². The number of methoxy groups -OCH3 is 2. The van der Waals surface area contributed by atoms with E-state index >= 15 is 0 Å². The topological polar surface area (TPSA) is 65.0 Å². The van der Waals surface area contributed by atoms with Gasteiger partial charge in [0.25, 0.3) is 0 Å². The van der Waals surface area contributed by atoms with E-state index in [1.165, 1.54) is 7.11 Å². The fourth-order valence-electron chi connectivity index (χ4n) is 3.23. The van der Waals surface area contributed by atoms with Crippen LogP contribution in [0.1, 0.15) is 34.1 Å². The first-order valence-corrected chi connectivity index (χ1v) is 7.50. The summed E-state index contributed by atoms with van der Waals surface area (Å²) in [6.07, 6.45) is 5.26. The van der Waals surface area contributed by atoms with Gasteiger partial charge in [-0.3, -0.25) is 4.79 Å². The zero-order valence-electron chi connectivity index (χ0n) is 14.2. The van der Waals surface area contributed by atoms with Crippen LogP contribution in [0.2, 0.25) is 0 Å². The smallest absolute Gasteiger partial charge is 0.218 e.